The fraction of sp³-hybridized carbons (Fsp3) is 0.292. The maximum atomic E-state index is 12.7. The zero-order chi connectivity index (χ0) is 26.2. The summed E-state index contributed by atoms with van der Waals surface area (Å²) in [5.74, 6) is 5.78. The number of morpholine rings is 1. The monoisotopic (exact) mass is 510 g/mol. The van der Waals surface area contributed by atoms with Gasteiger partial charge in [0.15, 0.2) is 11.5 Å². The van der Waals surface area contributed by atoms with Crippen LogP contribution in [-0.2, 0) is 10.9 Å². The Labute approximate surface area is 208 Å². The molecule has 0 saturated carbocycles. The molecular formula is C24H21F3N8O2. The third kappa shape index (κ3) is 5.39. The predicted molar refractivity (Wildman–Crippen MR) is 127 cm³/mol. The second-order valence-electron chi connectivity index (χ2n) is 8.60. The molecule has 0 unspecified atom stereocenters. The molecule has 1 aliphatic heterocycles. The minimum absolute atomic E-state index is 0.0833. The van der Waals surface area contributed by atoms with Crippen molar-refractivity contribution in [2.24, 2.45) is 0 Å². The number of rotatable bonds is 3. The number of nitrogens with zero attached hydrogens (tertiary/aromatic N) is 6. The molecule has 1 aliphatic rings. The van der Waals surface area contributed by atoms with Crippen LogP contribution in [0.2, 0.25) is 0 Å². The summed E-state index contributed by atoms with van der Waals surface area (Å²) in [6.45, 7) is 5.47. The number of aromatic amines is 1. The van der Waals surface area contributed by atoms with Crippen molar-refractivity contribution < 1.29 is 22.7 Å². The van der Waals surface area contributed by atoms with E-state index in [1.165, 1.54) is 18.5 Å². The van der Waals surface area contributed by atoms with Crippen LogP contribution in [0.3, 0.4) is 0 Å². The Morgan fingerprint density at radius 3 is 2.65 bits per heavy atom. The summed E-state index contributed by atoms with van der Waals surface area (Å²) < 4.78 is 45.6. The lowest BCUT2D eigenvalue weighted by Crippen LogP contribution is -2.46. The smallest absolute Gasteiger partial charge is 0.372 e. The van der Waals surface area contributed by atoms with Crippen molar-refractivity contribution >= 4 is 23.2 Å². The average molecular weight is 510 g/mol. The van der Waals surface area contributed by atoms with E-state index in [9.17, 15) is 18.0 Å². The van der Waals surface area contributed by atoms with Crippen molar-refractivity contribution in [2.45, 2.75) is 32.2 Å². The van der Waals surface area contributed by atoms with E-state index in [1.54, 1.807) is 10.7 Å². The number of pyridine rings is 1. The number of ether oxygens (including phenoxy) is 1. The summed E-state index contributed by atoms with van der Waals surface area (Å²) in [5, 5.41) is 12.3. The van der Waals surface area contributed by atoms with Crippen molar-refractivity contribution in [3.63, 3.8) is 0 Å². The molecule has 0 aliphatic carbocycles. The molecule has 0 bridgehead atoms. The van der Waals surface area contributed by atoms with Gasteiger partial charge in [0.05, 0.1) is 24.0 Å². The van der Waals surface area contributed by atoms with Gasteiger partial charge in [0.2, 0.25) is 0 Å². The SMILES string of the molecule is C[C@@H]1CN(c2ccc3ncc(C#Cc4cncc(C(=O)Nc5cc(C(F)(F)F)[nH]n5)c4)n3n2)C[C@H](C)O1. The Morgan fingerprint density at radius 2 is 1.92 bits per heavy atom. The standard InChI is InChI=1S/C24H21F3N8O2/c1-14-12-34(13-15(2)37-14)22-6-5-21-29-11-18(35(21)33-22)4-3-16-7-17(10-28-9-16)23(36)30-20-8-19(31-32-20)24(25,26)27/h5-11,14-15H,12-13H2,1-2H3,(H2,30,31,32,36)/t14-,15+. The van der Waals surface area contributed by atoms with E-state index >= 15 is 0 Å². The van der Waals surface area contributed by atoms with Gasteiger partial charge in [-0.05, 0) is 38.0 Å². The normalized spacial score (nSPS) is 17.9. The first-order chi connectivity index (χ1) is 17.7. The molecule has 2 N–H and O–H groups in total. The lowest BCUT2D eigenvalue weighted by Gasteiger charge is -2.35. The molecule has 1 saturated heterocycles. The number of anilines is 2. The fourth-order valence-corrected chi connectivity index (χ4v) is 3.97. The zero-order valence-corrected chi connectivity index (χ0v) is 19.7. The molecule has 5 heterocycles. The number of nitrogens with one attached hydrogen (secondary N) is 2. The maximum Gasteiger partial charge on any atom is 0.432 e. The number of fused-ring (bicyclic) bond motifs is 1. The minimum atomic E-state index is -4.60. The largest absolute Gasteiger partial charge is 0.432 e. The number of H-pyrrole nitrogens is 1. The van der Waals surface area contributed by atoms with E-state index in [-0.39, 0.29) is 23.6 Å². The second kappa shape index (κ2) is 9.55. The van der Waals surface area contributed by atoms with E-state index in [1.807, 2.05) is 31.1 Å². The molecule has 2 atom stereocenters. The van der Waals surface area contributed by atoms with Crippen LogP contribution in [-0.4, -0.2) is 61.0 Å². The Morgan fingerprint density at radius 1 is 1.14 bits per heavy atom. The Hall–Kier alpha value is -4.44. The third-order valence-electron chi connectivity index (χ3n) is 5.55. The number of hydrogen-bond acceptors (Lipinski definition) is 7. The maximum absolute atomic E-state index is 12.7. The van der Waals surface area contributed by atoms with Crippen molar-refractivity contribution in [1.29, 1.82) is 0 Å². The van der Waals surface area contributed by atoms with Crippen LogP contribution < -0.4 is 10.2 Å². The van der Waals surface area contributed by atoms with Gasteiger partial charge < -0.3 is 15.0 Å². The lowest BCUT2D eigenvalue weighted by molar-refractivity contribution is -0.141. The van der Waals surface area contributed by atoms with Crippen molar-refractivity contribution in [3.05, 3.63) is 65.4 Å². The van der Waals surface area contributed by atoms with Crippen LogP contribution in [0.1, 0.15) is 41.2 Å². The molecule has 4 aromatic heterocycles. The highest BCUT2D eigenvalue weighted by molar-refractivity contribution is 6.03. The highest BCUT2D eigenvalue weighted by atomic mass is 19.4. The quantitative estimate of drug-likeness (QED) is 0.407. The minimum Gasteiger partial charge on any atom is -0.372 e. The summed E-state index contributed by atoms with van der Waals surface area (Å²) in [7, 11) is 0. The summed E-state index contributed by atoms with van der Waals surface area (Å²) in [6.07, 6.45) is -0.0775. The van der Waals surface area contributed by atoms with Crippen LogP contribution in [0, 0.1) is 11.8 Å². The molecule has 37 heavy (non-hydrogen) atoms. The van der Waals surface area contributed by atoms with Gasteiger partial charge in [-0.2, -0.15) is 18.3 Å². The molecule has 1 fully saturated rings. The number of imidazole rings is 1. The van der Waals surface area contributed by atoms with Crippen LogP contribution in [0.25, 0.3) is 5.65 Å². The number of amides is 1. The van der Waals surface area contributed by atoms with Crippen molar-refractivity contribution in [3.8, 4) is 11.8 Å². The van der Waals surface area contributed by atoms with E-state index < -0.39 is 17.8 Å². The Balaban J connectivity index is 1.35. The van der Waals surface area contributed by atoms with Crippen molar-refractivity contribution in [1.82, 2.24) is 29.8 Å². The zero-order valence-electron chi connectivity index (χ0n) is 19.7. The molecule has 1 amide bonds. The number of hydrogen-bond donors (Lipinski definition) is 2. The topological polar surface area (TPSA) is 113 Å². The van der Waals surface area contributed by atoms with Crippen LogP contribution in [0.15, 0.2) is 42.9 Å². The summed E-state index contributed by atoms with van der Waals surface area (Å²) in [5.41, 5.74) is 0.635. The molecular weight excluding hydrogens is 489 g/mol. The fourth-order valence-electron chi connectivity index (χ4n) is 3.97. The molecule has 0 aromatic carbocycles. The van der Waals surface area contributed by atoms with Gasteiger partial charge in [0, 0.05) is 37.1 Å². The van der Waals surface area contributed by atoms with Gasteiger partial charge in [-0.1, -0.05) is 5.92 Å². The van der Waals surface area contributed by atoms with Gasteiger partial charge in [-0.25, -0.2) is 9.50 Å². The first-order valence-corrected chi connectivity index (χ1v) is 11.3. The molecule has 4 aromatic rings. The average Bonchev–Trinajstić information content (AvgIpc) is 3.49. The number of alkyl halides is 3. The number of halogens is 3. The van der Waals surface area contributed by atoms with Crippen molar-refractivity contribution in [2.75, 3.05) is 23.3 Å². The lowest BCUT2D eigenvalue weighted by atomic mass is 10.2. The molecule has 10 nitrogen and oxygen atoms in total. The summed E-state index contributed by atoms with van der Waals surface area (Å²) in [4.78, 5) is 23.0. The highest BCUT2D eigenvalue weighted by Gasteiger charge is 2.33. The predicted octanol–water partition coefficient (Wildman–Crippen LogP) is 3.13. The molecule has 0 spiro atoms. The summed E-state index contributed by atoms with van der Waals surface area (Å²) in [6, 6.07) is 5.96. The van der Waals surface area contributed by atoms with Gasteiger partial charge in [0.25, 0.3) is 5.91 Å². The first-order valence-electron chi connectivity index (χ1n) is 11.3. The van der Waals surface area contributed by atoms with Gasteiger partial charge in [-0.15, -0.1) is 5.10 Å². The van der Waals surface area contributed by atoms with Gasteiger partial charge in [0.1, 0.15) is 17.2 Å². The highest BCUT2D eigenvalue weighted by Crippen LogP contribution is 2.28. The van der Waals surface area contributed by atoms with Gasteiger partial charge >= 0.3 is 6.18 Å². The van der Waals surface area contributed by atoms with Crippen LogP contribution >= 0.6 is 0 Å². The van der Waals surface area contributed by atoms with Crippen LogP contribution in [0.4, 0.5) is 24.8 Å². The van der Waals surface area contributed by atoms with E-state index in [0.29, 0.717) is 23.0 Å². The van der Waals surface area contributed by atoms with Gasteiger partial charge in [-0.3, -0.25) is 14.9 Å². The Bertz CT molecular complexity index is 1510. The van der Waals surface area contributed by atoms with E-state index in [2.05, 4.69) is 37.1 Å². The Kier molecular flexibility index (Phi) is 6.26. The second-order valence-corrected chi connectivity index (χ2v) is 8.60. The number of carbonyl (C=O) groups is 1. The molecule has 5 rings (SSSR count). The first kappa shape index (κ1) is 24.3. The molecule has 0 radical (unpaired) electrons. The van der Waals surface area contributed by atoms with E-state index in [4.69, 9.17) is 9.84 Å². The third-order valence-corrected chi connectivity index (χ3v) is 5.55. The van der Waals surface area contributed by atoms with E-state index in [0.717, 1.165) is 18.9 Å². The number of carbonyl (C=O) groups excluding carboxylic acids is 1. The molecule has 190 valence electrons. The molecule has 13 heteroatoms. The van der Waals surface area contributed by atoms with Crippen LogP contribution in [0.5, 0.6) is 0 Å². The summed E-state index contributed by atoms with van der Waals surface area (Å²) >= 11 is 0. The number of aromatic nitrogens is 6.